The predicted octanol–water partition coefficient (Wildman–Crippen LogP) is 1.69. The van der Waals surface area contributed by atoms with Crippen molar-refractivity contribution in [3.05, 3.63) is 24.8 Å². The van der Waals surface area contributed by atoms with Crippen molar-refractivity contribution >= 4 is 15.3 Å². The molecule has 1 fully saturated rings. The molecule has 0 aromatic rings. The van der Waals surface area contributed by atoms with Crippen LogP contribution in [0.3, 0.4) is 0 Å². The maximum atomic E-state index is 11.4. The molecule has 1 heterocycles. The van der Waals surface area contributed by atoms with Crippen LogP contribution >= 0.6 is 0 Å². The average molecular weight is 212 g/mol. The summed E-state index contributed by atoms with van der Waals surface area (Å²) in [5.74, 6) is -0.316. The smallest absolute Gasteiger partial charge is 0.385 e. The number of rotatable bonds is 4. The minimum absolute atomic E-state index is 0.316. The van der Waals surface area contributed by atoms with Gasteiger partial charge in [0.25, 0.3) is 0 Å². The van der Waals surface area contributed by atoms with Crippen LogP contribution < -0.4 is 0 Å². The Morgan fingerprint density at radius 1 is 1.57 bits per heavy atom. The number of hydrogen-bond donors (Lipinski definition) is 0. The third-order valence-corrected chi connectivity index (χ3v) is 4.02. The molecule has 0 aromatic carbocycles. The van der Waals surface area contributed by atoms with Crippen molar-refractivity contribution in [1.29, 1.82) is 0 Å². The summed E-state index contributed by atoms with van der Waals surface area (Å²) in [7, 11) is -1.71. The molecular formula is C10H16O3Si. The highest BCUT2D eigenvalue weighted by molar-refractivity contribution is 6.47. The van der Waals surface area contributed by atoms with E-state index in [0.717, 1.165) is 25.5 Å². The summed E-state index contributed by atoms with van der Waals surface area (Å²) in [6, 6.07) is 0.924. The molecule has 1 atom stereocenters. The molecule has 3 nitrogen and oxygen atoms in total. The van der Waals surface area contributed by atoms with Crippen molar-refractivity contribution in [3.63, 3.8) is 0 Å². The standard InChI is InChI=1S/C10H16O3Si/c1-3-6-9(2)10(11)13-14-8-5-4-7-12-14/h3,14H,1-2,4-8H2. The second-order valence-electron chi connectivity index (χ2n) is 3.30. The molecule has 0 aliphatic carbocycles. The SMILES string of the molecule is C=CCC(=C)C(=O)O[SiH]1CCCCO1. The highest BCUT2D eigenvalue weighted by Gasteiger charge is 2.22. The summed E-state index contributed by atoms with van der Waals surface area (Å²) in [5, 5.41) is 0. The van der Waals surface area contributed by atoms with Gasteiger partial charge in [0.05, 0.1) is 0 Å². The Balaban J connectivity index is 2.31. The molecule has 1 rings (SSSR count). The van der Waals surface area contributed by atoms with Gasteiger partial charge >= 0.3 is 15.3 Å². The Bertz CT molecular complexity index is 232. The second kappa shape index (κ2) is 5.77. The molecule has 0 N–H and O–H groups in total. The van der Waals surface area contributed by atoms with Gasteiger partial charge in [-0.1, -0.05) is 12.7 Å². The first kappa shape index (κ1) is 11.2. The number of carbonyl (C=O) groups excluding carboxylic acids is 1. The molecule has 1 saturated heterocycles. The second-order valence-corrected chi connectivity index (χ2v) is 5.30. The third-order valence-electron chi connectivity index (χ3n) is 2.06. The summed E-state index contributed by atoms with van der Waals surface area (Å²) in [6.07, 6.45) is 4.32. The van der Waals surface area contributed by atoms with Gasteiger partial charge in [-0.25, -0.2) is 4.79 Å². The summed E-state index contributed by atoms with van der Waals surface area (Å²) in [6.45, 7) is 7.91. The first-order valence-corrected chi connectivity index (χ1v) is 6.61. The van der Waals surface area contributed by atoms with E-state index in [-0.39, 0.29) is 5.97 Å². The van der Waals surface area contributed by atoms with E-state index >= 15 is 0 Å². The Labute approximate surface area is 86.3 Å². The molecule has 1 aliphatic rings. The number of allylic oxidation sites excluding steroid dienone is 1. The normalized spacial score (nSPS) is 21.3. The molecule has 4 heteroatoms. The van der Waals surface area contributed by atoms with Crippen LogP contribution in [-0.2, 0) is 13.6 Å². The van der Waals surface area contributed by atoms with Crippen LogP contribution in [0.2, 0.25) is 6.04 Å². The Kier molecular flexibility index (Phi) is 4.62. The summed E-state index contributed by atoms with van der Waals surface area (Å²) >= 11 is 0. The third kappa shape index (κ3) is 3.47. The fraction of sp³-hybridized carbons (Fsp3) is 0.500. The van der Waals surface area contributed by atoms with Crippen LogP contribution in [-0.4, -0.2) is 21.9 Å². The lowest BCUT2D eigenvalue weighted by Gasteiger charge is -2.20. The van der Waals surface area contributed by atoms with Crippen molar-refractivity contribution in [2.75, 3.05) is 6.61 Å². The molecular weight excluding hydrogens is 196 g/mol. The van der Waals surface area contributed by atoms with Crippen molar-refractivity contribution in [3.8, 4) is 0 Å². The summed E-state index contributed by atoms with van der Waals surface area (Å²) < 4.78 is 10.6. The Morgan fingerprint density at radius 3 is 2.93 bits per heavy atom. The molecule has 0 aromatic heterocycles. The molecule has 0 amide bonds. The first-order valence-electron chi connectivity index (χ1n) is 4.85. The van der Waals surface area contributed by atoms with Gasteiger partial charge in [0.1, 0.15) is 0 Å². The lowest BCUT2D eigenvalue weighted by molar-refractivity contribution is -0.131. The van der Waals surface area contributed by atoms with Crippen LogP contribution in [0.25, 0.3) is 0 Å². The monoisotopic (exact) mass is 212 g/mol. The van der Waals surface area contributed by atoms with E-state index in [2.05, 4.69) is 13.2 Å². The number of carbonyl (C=O) groups is 1. The van der Waals surface area contributed by atoms with E-state index in [4.69, 9.17) is 8.85 Å². The van der Waals surface area contributed by atoms with Crippen molar-refractivity contribution < 1.29 is 13.6 Å². The lowest BCUT2D eigenvalue weighted by atomic mass is 10.2. The van der Waals surface area contributed by atoms with Crippen molar-refractivity contribution in [2.24, 2.45) is 0 Å². The minimum Gasteiger partial charge on any atom is -0.493 e. The van der Waals surface area contributed by atoms with E-state index in [9.17, 15) is 4.79 Å². The van der Waals surface area contributed by atoms with Gasteiger partial charge in [0, 0.05) is 12.2 Å². The van der Waals surface area contributed by atoms with Crippen LogP contribution in [0, 0.1) is 0 Å². The molecule has 78 valence electrons. The lowest BCUT2D eigenvalue weighted by Crippen LogP contribution is -2.30. The molecule has 14 heavy (non-hydrogen) atoms. The van der Waals surface area contributed by atoms with Crippen molar-refractivity contribution in [1.82, 2.24) is 0 Å². The minimum atomic E-state index is -1.71. The van der Waals surface area contributed by atoms with Gasteiger partial charge < -0.3 is 8.85 Å². The zero-order valence-electron chi connectivity index (χ0n) is 8.33. The first-order chi connectivity index (χ1) is 6.74. The largest absolute Gasteiger partial charge is 0.493 e. The van der Waals surface area contributed by atoms with Gasteiger partial charge in [0.15, 0.2) is 0 Å². The molecule has 0 spiro atoms. The fourth-order valence-corrected chi connectivity index (χ4v) is 3.07. The summed E-state index contributed by atoms with van der Waals surface area (Å²) in [5.41, 5.74) is 0.460. The van der Waals surface area contributed by atoms with Gasteiger partial charge in [0.2, 0.25) is 0 Å². The van der Waals surface area contributed by atoms with Gasteiger partial charge in [-0.15, -0.1) is 6.58 Å². The molecule has 0 bridgehead atoms. The predicted molar refractivity (Wildman–Crippen MR) is 57.2 cm³/mol. The summed E-state index contributed by atoms with van der Waals surface area (Å²) in [4.78, 5) is 11.4. The zero-order chi connectivity index (χ0) is 10.4. The van der Waals surface area contributed by atoms with Gasteiger partial charge in [-0.3, -0.25) is 0 Å². The maximum Gasteiger partial charge on any atom is 0.385 e. The van der Waals surface area contributed by atoms with Crippen LogP contribution in [0.15, 0.2) is 24.8 Å². The van der Waals surface area contributed by atoms with E-state index < -0.39 is 9.28 Å². The van der Waals surface area contributed by atoms with Crippen LogP contribution in [0.4, 0.5) is 0 Å². The zero-order valence-corrected chi connectivity index (χ0v) is 9.48. The topological polar surface area (TPSA) is 35.5 Å². The van der Waals surface area contributed by atoms with Crippen LogP contribution in [0.5, 0.6) is 0 Å². The average Bonchev–Trinajstić information content (AvgIpc) is 2.19. The molecule has 1 aliphatic heterocycles. The van der Waals surface area contributed by atoms with Gasteiger partial charge in [-0.05, 0) is 25.3 Å². The van der Waals surface area contributed by atoms with Gasteiger partial charge in [-0.2, -0.15) is 0 Å². The van der Waals surface area contributed by atoms with E-state index in [1.165, 1.54) is 0 Å². The molecule has 1 unspecified atom stereocenters. The van der Waals surface area contributed by atoms with E-state index in [1.54, 1.807) is 6.08 Å². The van der Waals surface area contributed by atoms with Crippen LogP contribution in [0.1, 0.15) is 19.3 Å². The number of hydrogen-bond acceptors (Lipinski definition) is 3. The highest BCUT2D eigenvalue weighted by atomic mass is 28.3. The van der Waals surface area contributed by atoms with E-state index in [1.807, 2.05) is 0 Å². The maximum absolute atomic E-state index is 11.4. The molecule has 0 saturated carbocycles. The Morgan fingerprint density at radius 2 is 2.36 bits per heavy atom. The quantitative estimate of drug-likeness (QED) is 0.404. The Hall–Kier alpha value is -0.873. The van der Waals surface area contributed by atoms with E-state index in [0.29, 0.717) is 12.0 Å². The highest BCUT2D eigenvalue weighted by Crippen LogP contribution is 2.13. The molecule has 0 radical (unpaired) electrons. The fourth-order valence-electron chi connectivity index (χ4n) is 1.26. The van der Waals surface area contributed by atoms with Crippen molar-refractivity contribution in [2.45, 2.75) is 25.3 Å².